The van der Waals surface area contributed by atoms with E-state index < -0.39 is 44.0 Å². The van der Waals surface area contributed by atoms with Crippen LogP contribution in [0, 0.1) is 17.8 Å². The van der Waals surface area contributed by atoms with Crippen LogP contribution in [-0.2, 0) is 24.3 Å². The van der Waals surface area contributed by atoms with E-state index in [1.54, 1.807) is 0 Å². The molecule has 0 heterocycles. The van der Waals surface area contributed by atoms with E-state index in [9.17, 15) is 27.4 Å². The largest absolute Gasteiger partial charge is 0.462 e. The van der Waals surface area contributed by atoms with Crippen molar-refractivity contribution in [3.63, 3.8) is 0 Å². The van der Waals surface area contributed by atoms with Crippen LogP contribution in [0.3, 0.4) is 0 Å². The zero-order valence-electron chi connectivity index (χ0n) is 25.4. The molecular weight excluding hydrogens is 572 g/mol. The Morgan fingerprint density at radius 2 is 0.907 bits per heavy atom. The second-order valence-corrected chi connectivity index (χ2v) is 14.0. The van der Waals surface area contributed by atoms with E-state index in [-0.39, 0.29) is 25.4 Å². The van der Waals surface area contributed by atoms with Gasteiger partial charge in [0.15, 0.2) is 0 Å². The molecule has 1 aromatic carbocycles. The summed E-state index contributed by atoms with van der Waals surface area (Å²) in [5.41, 5.74) is -1.33. The summed E-state index contributed by atoms with van der Waals surface area (Å²) >= 11 is 0. The van der Waals surface area contributed by atoms with Crippen LogP contribution >= 0.6 is 0 Å². The molecule has 1 aromatic rings. The number of rotatable bonds is 13. The molecule has 3 aliphatic rings. The van der Waals surface area contributed by atoms with Gasteiger partial charge in [-0.15, -0.1) is 0 Å². The molecule has 0 bridgehead atoms. The minimum absolute atomic E-state index is 0.0612. The van der Waals surface area contributed by atoms with Crippen molar-refractivity contribution in [3.8, 4) is 0 Å². The van der Waals surface area contributed by atoms with Crippen molar-refractivity contribution < 1.29 is 41.6 Å². The van der Waals surface area contributed by atoms with Crippen LogP contribution in [0.25, 0.3) is 0 Å². The summed E-state index contributed by atoms with van der Waals surface area (Å²) in [6.07, 6.45) is 18.8. The molecule has 1 N–H and O–H groups in total. The summed E-state index contributed by atoms with van der Waals surface area (Å²) in [7, 11) is -5.07. The highest BCUT2D eigenvalue weighted by Crippen LogP contribution is 2.30. The minimum atomic E-state index is -5.07. The van der Waals surface area contributed by atoms with E-state index in [0.717, 1.165) is 89.2 Å². The number of hydrogen-bond donors (Lipinski definition) is 1. The zero-order valence-corrected chi connectivity index (χ0v) is 26.2. The summed E-state index contributed by atoms with van der Waals surface area (Å²) in [4.78, 5) is 38.7. The SMILES string of the molecule is O=C(OCCC1CCCCC1)c1cc(C(=O)OCCC2CCCCC2)c(S(=O)(=O)O)c(C(=O)OCCC2CCCCC2)c1. The third-order valence-corrected chi connectivity index (χ3v) is 10.4. The summed E-state index contributed by atoms with van der Waals surface area (Å²) in [5.74, 6) is -1.53. The van der Waals surface area contributed by atoms with Crippen LogP contribution in [0.1, 0.15) is 147 Å². The Morgan fingerprint density at radius 3 is 1.23 bits per heavy atom. The smallest absolute Gasteiger partial charge is 0.339 e. The Kier molecular flexibility index (Phi) is 12.9. The second kappa shape index (κ2) is 16.6. The van der Waals surface area contributed by atoms with Crippen molar-refractivity contribution in [2.45, 2.75) is 120 Å². The molecule has 3 fully saturated rings. The van der Waals surface area contributed by atoms with Crippen LogP contribution < -0.4 is 0 Å². The molecule has 0 unspecified atom stereocenters. The van der Waals surface area contributed by atoms with Crippen LogP contribution in [0.2, 0.25) is 0 Å². The molecule has 3 aliphatic carbocycles. The first-order chi connectivity index (χ1) is 20.7. The Hall–Kier alpha value is -2.46. The summed E-state index contributed by atoms with van der Waals surface area (Å²) < 4.78 is 51.7. The van der Waals surface area contributed by atoms with Gasteiger partial charge in [0.05, 0.1) is 36.5 Å². The Morgan fingerprint density at radius 1 is 0.581 bits per heavy atom. The number of ether oxygens (including phenoxy) is 3. The van der Waals surface area contributed by atoms with E-state index in [1.807, 2.05) is 0 Å². The molecule has 0 amide bonds. The van der Waals surface area contributed by atoms with Crippen LogP contribution in [0.15, 0.2) is 17.0 Å². The van der Waals surface area contributed by atoms with Crippen molar-refractivity contribution in [1.82, 2.24) is 0 Å². The summed E-state index contributed by atoms with van der Waals surface area (Å²) in [6, 6.07) is 2.07. The van der Waals surface area contributed by atoms with Crippen molar-refractivity contribution in [2.24, 2.45) is 17.8 Å². The first-order valence-electron chi connectivity index (χ1n) is 16.4. The van der Waals surface area contributed by atoms with Gasteiger partial charge < -0.3 is 14.2 Å². The molecular formula is C33H48O9S. The van der Waals surface area contributed by atoms with Crippen LogP contribution in [-0.4, -0.2) is 50.7 Å². The first-order valence-corrected chi connectivity index (χ1v) is 17.8. The number of carbonyl (C=O) groups excluding carboxylic acids is 3. The topological polar surface area (TPSA) is 133 Å². The monoisotopic (exact) mass is 620 g/mol. The quantitative estimate of drug-likeness (QED) is 0.137. The third kappa shape index (κ3) is 10.3. The zero-order chi connectivity index (χ0) is 30.7. The maximum atomic E-state index is 13.2. The van der Waals surface area contributed by atoms with E-state index in [4.69, 9.17) is 14.2 Å². The van der Waals surface area contributed by atoms with E-state index in [0.29, 0.717) is 37.0 Å². The van der Waals surface area contributed by atoms with Gasteiger partial charge in [0.2, 0.25) is 0 Å². The molecule has 0 saturated heterocycles. The van der Waals surface area contributed by atoms with Gasteiger partial charge in [-0.25, -0.2) is 14.4 Å². The van der Waals surface area contributed by atoms with Gasteiger partial charge in [-0.1, -0.05) is 96.3 Å². The molecule has 10 heteroatoms. The Labute approximate surface area is 256 Å². The number of benzene rings is 1. The fraction of sp³-hybridized carbons (Fsp3) is 0.727. The summed E-state index contributed by atoms with van der Waals surface area (Å²) in [6.45, 7) is 0.295. The minimum Gasteiger partial charge on any atom is -0.462 e. The molecule has 4 rings (SSSR count). The molecule has 9 nitrogen and oxygen atoms in total. The highest BCUT2D eigenvalue weighted by molar-refractivity contribution is 7.86. The summed E-state index contributed by atoms with van der Waals surface area (Å²) in [5, 5.41) is 0. The molecule has 240 valence electrons. The standard InChI is InChI=1S/C33H48O9S/c34-31(40-19-16-24-10-4-1-5-11-24)27-22-28(32(35)41-20-17-25-12-6-2-7-13-25)30(43(37,38)39)29(23-27)33(36)42-21-18-26-14-8-3-9-15-26/h22-26H,1-21H2,(H,37,38,39). The highest BCUT2D eigenvalue weighted by Gasteiger charge is 2.32. The fourth-order valence-electron chi connectivity index (χ4n) is 6.95. The van der Waals surface area contributed by atoms with E-state index in [2.05, 4.69) is 0 Å². The van der Waals surface area contributed by atoms with E-state index >= 15 is 0 Å². The van der Waals surface area contributed by atoms with Gasteiger partial charge >= 0.3 is 17.9 Å². The maximum Gasteiger partial charge on any atom is 0.339 e. The predicted octanol–water partition coefficient (Wildman–Crippen LogP) is 7.31. The van der Waals surface area contributed by atoms with Crippen molar-refractivity contribution >= 4 is 28.0 Å². The average molecular weight is 621 g/mol. The molecule has 0 aromatic heterocycles. The molecule has 0 atom stereocenters. The lowest BCUT2D eigenvalue weighted by molar-refractivity contribution is 0.0463. The van der Waals surface area contributed by atoms with Crippen molar-refractivity contribution in [1.29, 1.82) is 0 Å². The van der Waals surface area contributed by atoms with E-state index in [1.165, 1.54) is 19.3 Å². The normalized spacial score (nSPS) is 19.1. The second-order valence-electron chi connectivity index (χ2n) is 12.7. The highest BCUT2D eigenvalue weighted by atomic mass is 32.2. The number of carbonyl (C=O) groups is 3. The first kappa shape index (κ1) is 33.4. The lowest BCUT2D eigenvalue weighted by Crippen LogP contribution is -2.21. The van der Waals surface area contributed by atoms with Gasteiger partial charge in [0.25, 0.3) is 10.1 Å². The molecule has 0 aliphatic heterocycles. The lowest BCUT2D eigenvalue weighted by Gasteiger charge is -2.22. The van der Waals surface area contributed by atoms with Crippen LogP contribution in [0.5, 0.6) is 0 Å². The van der Waals surface area contributed by atoms with Crippen LogP contribution in [0.4, 0.5) is 0 Å². The van der Waals surface area contributed by atoms with Gasteiger partial charge in [0.1, 0.15) is 4.90 Å². The van der Waals surface area contributed by atoms with Gasteiger partial charge in [0, 0.05) is 0 Å². The molecule has 3 saturated carbocycles. The third-order valence-electron chi connectivity index (χ3n) is 9.47. The van der Waals surface area contributed by atoms with Gasteiger partial charge in [-0.3, -0.25) is 4.55 Å². The fourth-order valence-corrected chi connectivity index (χ4v) is 7.79. The Bertz CT molecular complexity index is 1130. The number of hydrogen-bond acceptors (Lipinski definition) is 8. The average Bonchev–Trinajstić information content (AvgIpc) is 3.01. The van der Waals surface area contributed by atoms with Crippen molar-refractivity contribution in [3.05, 3.63) is 28.8 Å². The predicted molar refractivity (Wildman–Crippen MR) is 161 cm³/mol. The molecule has 43 heavy (non-hydrogen) atoms. The Balaban J connectivity index is 1.53. The van der Waals surface area contributed by atoms with Crippen molar-refractivity contribution in [2.75, 3.05) is 19.8 Å². The molecule has 0 radical (unpaired) electrons. The van der Waals surface area contributed by atoms with Gasteiger partial charge in [-0.05, 0) is 49.1 Å². The number of esters is 3. The molecule has 0 spiro atoms. The lowest BCUT2D eigenvalue weighted by atomic mass is 9.87. The van der Waals surface area contributed by atoms with Gasteiger partial charge in [-0.2, -0.15) is 8.42 Å². The maximum absolute atomic E-state index is 13.2.